The van der Waals surface area contributed by atoms with Gasteiger partial charge in [0.15, 0.2) is 0 Å². The van der Waals surface area contributed by atoms with Gasteiger partial charge in [-0.2, -0.15) is 0 Å². The van der Waals surface area contributed by atoms with Gasteiger partial charge in [-0.3, -0.25) is 0 Å². The van der Waals surface area contributed by atoms with E-state index in [1.165, 1.54) is 27.7 Å². The van der Waals surface area contributed by atoms with Gasteiger partial charge in [-0.1, -0.05) is 0 Å². The molecule has 0 bridgehead atoms. The molecule has 0 aromatic heterocycles. The van der Waals surface area contributed by atoms with Gasteiger partial charge < -0.3 is 9.66 Å². The van der Waals surface area contributed by atoms with E-state index >= 15 is 0 Å². The normalized spacial score (nSPS) is 13.8. The van der Waals surface area contributed by atoms with Crippen LogP contribution in [0.3, 0.4) is 0 Å². The zero-order chi connectivity index (χ0) is 9.50. The van der Waals surface area contributed by atoms with E-state index in [9.17, 15) is 18.1 Å². The van der Waals surface area contributed by atoms with Gasteiger partial charge in [0.05, 0.1) is 10.3 Å². The molecule has 0 aliphatic carbocycles. The van der Waals surface area contributed by atoms with Gasteiger partial charge in [0.2, 0.25) is 0 Å². The first kappa shape index (κ1) is 15.3. The average Bonchev–Trinajstić information content (AvgIpc) is 1.58. The van der Waals surface area contributed by atoms with E-state index in [0.717, 1.165) is 0 Å². The first-order chi connectivity index (χ1) is 4.50. The molecule has 12 heavy (non-hydrogen) atoms. The van der Waals surface area contributed by atoms with Gasteiger partial charge in [-0.25, -0.2) is 8.42 Å². The van der Waals surface area contributed by atoms with Crippen LogP contribution in [0, 0.1) is 0 Å². The summed E-state index contributed by atoms with van der Waals surface area (Å²) in [5.74, 6) is 0. The molecular weight excluding hydrogens is 191 g/mol. The summed E-state index contributed by atoms with van der Waals surface area (Å²) < 4.78 is 30.1. The zero-order valence-electron chi connectivity index (χ0n) is 8.08. The quantitative estimate of drug-likeness (QED) is 0.386. The molecule has 68 valence electrons. The summed E-state index contributed by atoms with van der Waals surface area (Å²) in [6.45, 7) is 5.00. The predicted octanol–water partition coefficient (Wildman–Crippen LogP) is -2.91. The fourth-order valence-corrected chi connectivity index (χ4v) is 0.918. The van der Waals surface area contributed by atoms with E-state index in [4.69, 9.17) is 0 Å². The van der Waals surface area contributed by atoms with E-state index < -0.39 is 20.5 Å². The van der Waals surface area contributed by atoms with Gasteiger partial charge in [0.1, 0.15) is 10.1 Å². The molecule has 0 aromatic rings. The zero-order valence-corrected chi connectivity index (χ0v) is 10.9. The largest absolute Gasteiger partial charge is 1.00 e. The Labute approximate surface area is 95.4 Å². The molecule has 0 aliphatic rings. The van der Waals surface area contributed by atoms with Crippen LogP contribution in [0.5, 0.6) is 0 Å². The molecule has 0 unspecified atom stereocenters. The van der Waals surface area contributed by atoms with Crippen LogP contribution in [0.2, 0.25) is 0 Å². The molecule has 0 saturated heterocycles. The van der Waals surface area contributed by atoms with Crippen molar-refractivity contribution in [3.05, 3.63) is 0 Å². The minimum atomic E-state index is -4.46. The van der Waals surface area contributed by atoms with Crippen LogP contribution in [0.4, 0.5) is 0 Å². The second-order valence-electron chi connectivity index (χ2n) is 3.52. The summed E-state index contributed by atoms with van der Waals surface area (Å²) in [6.07, 6.45) is 0. The number of hydrogen-bond donors (Lipinski definition) is 1. The smallest absolute Gasteiger partial charge is 0.747 e. The molecule has 0 spiro atoms. The van der Waals surface area contributed by atoms with E-state index in [2.05, 4.69) is 0 Å². The monoisotopic (exact) mass is 204 g/mol. The Hall–Kier alpha value is 0.870. The van der Waals surface area contributed by atoms with Crippen molar-refractivity contribution in [1.82, 2.24) is 0 Å². The number of hydrogen-bond acceptors (Lipinski definition) is 4. The summed E-state index contributed by atoms with van der Waals surface area (Å²) in [5, 5.41) is 9.30. The minimum Gasteiger partial charge on any atom is -0.747 e. The van der Waals surface area contributed by atoms with Crippen molar-refractivity contribution in [2.24, 2.45) is 0 Å². The van der Waals surface area contributed by atoms with Crippen molar-refractivity contribution in [2.75, 3.05) is 0 Å². The topological polar surface area (TPSA) is 77.4 Å². The third-order valence-corrected chi connectivity index (χ3v) is 3.85. The molecule has 4 nitrogen and oxygen atoms in total. The van der Waals surface area contributed by atoms with Gasteiger partial charge >= 0.3 is 29.6 Å². The van der Waals surface area contributed by atoms with Crippen LogP contribution in [0.25, 0.3) is 0 Å². The Kier molecular flexibility index (Phi) is 5.04. The Morgan fingerprint density at radius 2 is 1.42 bits per heavy atom. The Morgan fingerprint density at radius 3 is 1.42 bits per heavy atom. The maximum Gasteiger partial charge on any atom is 1.00 e. The molecule has 0 amide bonds. The van der Waals surface area contributed by atoms with Crippen molar-refractivity contribution >= 4 is 10.1 Å². The number of aliphatic hydroxyl groups is 1. The van der Waals surface area contributed by atoms with Crippen LogP contribution in [0.1, 0.15) is 27.7 Å². The number of rotatable bonds is 2. The third kappa shape index (κ3) is 2.97. The van der Waals surface area contributed by atoms with Crippen molar-refractivity contribution in [1.29, 1.82) is 0 Å². The summed E-state index contributed by atoms with van der Waals surface area (Å²) in [7, 11) is -4.46. The Morgan fingerprint density at radius 1 is 1.17 bits per heavy atom. The van der Waals surface area contributed by atoms with Crippen LogP contribution in [-0.2, 0) is 10.1 Å². The van der Waals surface area contributed by atoms with Crippen LogP contribution in [-0.4, -0.2) is 28.4 Å². The molecule has 1 N–H and O–H groups in total. The van der Waals surface area contributed by atoms with Crippen LogP contribution < -0.4 is 29.6 Å². The third-order valence-electron chi connectivity index (χ3n) is 2.10. The molecule has 0 aliphatic heterocycles. The first-order valence-electron chi connectivity index (χ1n) is 3.18. The van der Waals surface area contributed by atoms with Crippen molar-refractivity contribution in [3.63, 3.8) is 0 Å². The van der Waals surface area contributed by atoms with Gasteiger partial charge in [0.25, 0.3) is 0 Å². The Bertz CT molecular complexity index is 237. The molecule has 0 rings (SSSR count). The van der Waals surface area contributed by atoms with Crippen molar-refractivity contribution in [3.8, 4) is 0 Å². The fraction of sp³-hybridized carbons (Fsp3) is 1.00. The maximum absolute atomic E-state index is 10.6. The molecule has 0 atom stereocenters. The second kappa shape index (κ2) is 3.94. The summed E-state index contributed by atoms with van der Waals surface area (Å²) >= 11 is 0. The Balaban J connectivity index is 0. The molecule has 0 heterocycles. The van der Waals surface area contributed by atoms with Crippen LogP contribution >= 0.6 is 0 Å². The minimum absolute atomic E-state index is 0. The summed E-state index contributed by atoms with van der Waals surface area (Å²) in [6, 6.07) is 0. The van der Waals surface area contributed by atoms with E-state index in [1.807, 2.05) is 0 Å². The summed E-state index contributed by atoms with van der Waals surface area (Å²) in [5.41, 5.74) is -1.52. The predicted molar refractivity (Wildman–Crippen MR) is 40.1 cm³/mol. The van der Waals surface area contributed by atoms with E-state index in [-0.39, 0.29) is 29.6 Å². The molecule has 0 aromatic carbocycles. The van der Waals surface area contributed by atoms with Crippen molar-refractivity contribution < 1.29 is 47.6 Å². The van der Waals surface area contributed by atoms with Gasteiger partial charge in [0, 0.05) is 0 Å². The van der Waals surface area contributed by atoms with Crippen molar-refractivity contribution in [2.45, 2.75) is 38.0 Å². The maximum atomic E-state index is 10.6. The fourth-order valence-electron chi connectivity index (χ4n) is 0.306. The standard InChI is InChI=1S/C6H14O4S.Na/c1-5(2,7)6(3,4)11(8,9)10;/h7H,1-4H3,(H,8,9,10);/q;+1/p-1. The molecule has 6 heteroatoms. The molecular formula is C6H13NaO4S. The average molecular weight is 204 g/mol. The molecule has 0 fully saturated rings. The second-order valence-corrected chi connectivity index (χ2v) is 5.45. The van der Waals surface area contributed by atoms with Gasteiger partial charge in [-0.15, -0.1) is 0 Å². The van der Waals surface area contributed by atoms with Gasteiger partial charge in [-0.05, 0) is 27.7 Å². The first-order valence-corrected chi connectivity index (χ1v) is 4.59. The van der Waals surface area contributed by atoms with Crippen LogP contribution in [0.15, 0.2) is 0 Å². The SMILES string of the molecule is CC(C)(O)C(C)(C)S(=O)(=O)[O-].[Na+]. The molecule has 0 saturated carbocycles. The summed E-state index contributed by atoms with van der Waals surface area (Å²) in [4.78, 5) is 0. The van der Waals surface area contributed by atoms with E-state index in [0.29, 0.717) is 0 Å². The molecule has 0 radical (unpaired) electrons. The van der Waals surface area contributed by atoms with E-state index in [1.54, 1.807) is 0 Å².